The second-order valence-electron chi connectivity index (χ2n) is 7.03. The van der Waals surface area contributed by atoms with E-state index in [0.717, 1.165) is 0 Å². The maximum Gasteiger partial charge on any atom is 0.323 e. The summed E-state index contributed by atoms with van der Waals surface area (Å²) >= 11 is 3.27. The molecule has 2 amide bonds. The zero-order valence-corrected chi connectivity index (χ0v) is 18.6. The van der Waals surface area contributed by atoms with Crippen molar-refractivity contribution in [3.05, 3.63) is 81.4 Å². The van der Waals surface area contributed by atoms with Gasteiger partial charge in [-0.05, 0) is 53.2 Å². The van der Waals surface area contributed by atoms with E-state index < -0.39 is 11.8 Å². The number of pyridine rings is 2. The Bertz CT molecular complexity index is 1390. The van der Waals surface area contributed by atoms with Crippen molar-refractivity contribution in [1.29, 1.82) is 0 Å². The molecule has 2 aromatic heterocycles. The molecule has 0 atom stereocenters. The van der Waals surface area contributed by atoms with Crippen LogP contribution >= 0.6 is 15.9 Å². The second kappa shape index (κ2) is 8.80. The number of rotatable bonds is 4. The Morgan fingerprint density at radius 3 is 2.59 bits per heavy atom. The van der Waals surface area contributed by atoms with Crippen LogP contribution in [0.1, 0.15) is 6.92 Å². The van der Waals surface area contributed by atoms with Crippen molar-refractivity contribution < 1.29 is 9.18 Å². The van der Waals surface area contributed by atoms with Gasteiger partial charge in [-0.15, -0.1) is 0 Å². The van der Waals surface area contributed by atoms with Gasteiger partial charge < -0.3 is 20.9 Å². The first-order chi connectivity index (χ1) is 15.4. The first-order valence-electron chi connectivity index (χ1n) is 9.79. The number of hydrogen-bond acceptors (Lipinski definition) is 4. The van der Waals surface area contributed by atoms with E-state index in [4.69, 9.17) is 5.73 Å². The minimum atomic E-state index is -0.603. The van der Waals surface area contributed by atoms with Crippen molar-refractivity contribution in [3.63, 3.8) is 0 Å². The van der Waals surface area contributed by atoms with Gasteiger partial charge in [0.2, 0.25) is 0 Å². The Hall–Kier alpha value is -3.72. The molecule has 4 aromatic rings. The number of halogens is 2. The maximum atomic E-state index is 14.9. The van der Waals surface area contributed by atoms with E-state index in [1.807, 2.05) is 13.0 Å². The van der Waals surface area contributed by atoms with Gasteiger partial charge in [-0.2, -0.15) is 0 Å². The number of hydrogen-bond donors (Lipinski definition) is 3. The van der Waals surface area contributed by atoms with Gasteiger partial charge in [0.15, 0.2) is 0 Å². The Labute approximate surface area is 191 Å². The third-order valence-electron chi connectivity index (χ3n) is 4.94. The van der Waals surface area contributed by atoms with Crippen molar-refractivity contribution >= 4 is 50.1 Å². The molecule has 0 aliphatic rings. The molecular formula is C23H19BrFN5O2. The Balaban J connectivity index is 1.77. The smallest absolute Gasteiger partial charge is 0.323 e. The zero-order valence-electron chi connectivity index (χ0n) is 17.0. The average molecular weight is 496 g/mol. The fourth-order valence-corrected chi connectivity index (χ4v) is 3.87. The van der Waals surface area contributed by atoms with Crippen LogP contribution in [0.5, 0.6) is 0 Å². The normalized spacial score (nSPS) is 10.8. The van der Waals surface area contributed by atoms with Crippen LogP contribution < -0.4 is 21.9 Å². The topological polar surface area (TPSA) is 102 Å². The molecule has 0 aliphatic carbocycles. The summed E-state index contributed by atoms with van der Waals surface area (Å²) in [5.41, 5.74) is 7.16. The summed E-state index contributed by atoms with van der Waals surface area (Å²) in [6.45, 7) is 2.19. The zero-order chi connectivity index (χ0) is 22.8. The molecule has 4 rings (SSSR count). The fraction of sp³-hybridized carbons (Fsp3) is 0.0870. The first kappa shape index (κ1) is 21.5. The minimum Gasteiger partial charge on any atom is -0.384 e. The highest BCUT2D eigenvalue weighted by molar-refractivity contribution is 9.10. The first-order valence-corrected chi connectivity index (χ1v) is 10.6. The van der Waals surface area contributed by atoms with Gasteiger partial charge in [-0.25, -0.2) is 14.2 Å². The van der Waals surface area contributed by atoms with Crippen LogP contribution in [0.3, 0.4) is 0 Å². The van der Waals surface area contributed by atoms with Gasteiger partial charge in [-0.3, -0.25) is 4.79 Å². The summed E-state index contributed by atoms with van der Waals surface area (Å²) < 4.78 is 16.8. The number of carbonyl (C=O) groups excluding carboxylic acids is 1. The summed E-state index contributed by atoms with van der Waals surface area (Å²) in [5, 5.41) is 6.03. The van der Waals surface area contributed by atoms with E-state index in [-0.39, 0.29) is 22.5 Å². The summed E-state index contributed by atoms with van der Waals surface area (Å²) in [5.74, 6) is -0.314. The van der Waals surface area contributed by atoms with Crippen molar-refractivity contribution in [1.82, 2.24) is 9.55 Å². The van der Waals surface area contributed by atoms with E-state index in [9.17, 15) is 14.0 Å². The number of nitrogens with two attached hydrogens (primary N) is 1. The lowest BCUT2D eigenvalue weighted by molar-refractivity contribution is 0.262. The molecule has 0 unspecified atom stereocenters. The van der Waals surface area contributed by atoms with Crippen LogP contribution in [0.25, 0.3) is 22.0 Å². The number of amides is 2. The van der Waals surface area contributed by atoms with Crippen molar-refractivity contribution in [2.24, 2.45) is 0 Å². The molecule has 162 valence electrons. The molecule has 0 radical (unpaired) electrons. The van der Waals surface area contributed by atoms with Gasteiger partial charge in [0.1, 0.15) is 11.6 Å². The van der Waals surface area contributed by atoms with E-state index in [2.05, 4.69) is 31.5 Å². The minimum absolute atomic E-state index is 0.0640. The highest BCUT2D eigenvalue weighted by Gasteiger charge is 2.17. The largest absolute Gasteiger partial charge is 0.384 e. The Morgan fingerprint density at radius 1 is 1.12 bits per heavy atom. The van der Waals surface area contributed by atoms with Crippen LogP contribution in [-0.4, -0.2) is 15.6 Å². The van der Waals surface area contributed by atoms with Crippen LogP contribution in [-0.2, 0) is 6.54 Å². The number of nitrogens with one attached hydrogen (secondary N) is 2. The number of para-hydroxylation sites is 1. The molecular weight excluding hydrogens is 477 g/mol. The summed E-state index contributed by atoms with van der Waals surface area (Å²) in [6, 6.07) is 14.2. The molecule has 0 bridgehead atoms. The predicted molar refractivity (Wildman–Crippen MR) is 128 cm³/mol. The molecule has 0 saturated heterocycles. The molecule has 2 heterocycles. The average Bonchev–Trinajstić information content (AvgIpc) is 2.76. The van der Waals surface area contributed by atoms with Gasteiger partial charge in [0, 0.05) is 39.9 Å². The van der Waals surface area contributed by atoms with Gasteiger partial charge in [-0.1, -0.05) is 18.2 Å². The van der Waals surface area contributed by atoms with Crippen molar-refractivity contribution in [2.75, 3.05) is 16.4 Å². The summed E-state index contributed by atoms with van der Waals surface area (Å²) in [7, 11) is 0. The van der Waals surface area contributed by atoms with Gasteiger partial charge in [0.25, 0.3) is 5.56 Å². The van der Waals surface area contributed by atoms with Gasteiger partial charge in [0.05, 0.1) is 16.8 Å². The SMILES string of the molecule is CCn1c(=O)c(-c2cc(NC(=O)Nc3ccccc3)c(Br)cc2F)cc2cnc(N)cc21. The molecule has 2 aromatic carbocycles. The van der Waals surface area contributed by atoms with E-state index in [1.165, 1.54) is 16.7 Å². The lowest BCUT2D eigenvalue weighted by Crippen LogP contribution is -2.22. The third kappa shape index (κ3) is 4.19. The van der Waals surface area contributed by atoms with E-state index in [1.54, 1.807) is 42.6 Å². The summed E-state index contributed by atoms with van der Waals surface area (Å²) in [4.78, 5) is 29.7. The van der Waals surface area contributed by atoms with Crippen LogP contribution in [0.4, 0.5) is 26.4 Å². The Morgan fingerprint density at radius 2 is 1.88 bits per heavy atom. The van der Waals surface area contributed by atoms with Crippen LogP contribution in [0.15, 0.2) is 70.1 Å². The molecule has 0 saturated carbocycles. The second-order valence-corrected chi connectivity index (χ2v) is 7.89. The molecule has 7 nitrogen and oxygen atoms in total. The summed E-state index contributed by atoms with van der Waals surface area (Å²) in [6.07, 6.45) is 1.54. The number of urea groups is 1. The molecule has 0 fully saturated rings. The standard InChI is InChI=1S/C23H19BrFN5O2/c1-2-30-20-11-21(26)27-12-13(20)8-16(22(30)31)15-9-19(17(24)10-18(15)25)29-23(32)28-14-6-4-3-5-7-14/h3-12H,2H2,1H3,(H2,26,27)(H2,28,29,32). The van der Waals surface area contributed by atoms with Crippen molar-refractivity contribution in [3.8, 4) is 11.1 Å². The predicted octanol–water partition coefficient (Wildman–Crippen LogP) is 5.21. The molecule has 0 spiro atoms. The van der Waals surface area contributed by atoms with E-state index >= 15 is 0 Å². The molecule has 32 heavy (non-hydrogen) atoms. The fourth-order valence-electron chi connectivity index (χ4n) is 3.45. The number of nitrogens with zero attached hydrogens (tertiary/aromatic N) is 2. The number of benzene rings is 2. The highest BCUT2D eigenvalue weighted by Crippen LogP contribution is 2.32. The number of fused-ring (bicyclic) bond motifs is 1. The highest BCUT2D eigenvalue weighted by atomic mass is 79.9. The third-order valence-corrected chi connectivity index (χ3v) is 5.60. The van der Waals surface area contributed by atoms with Crippen molar-refractivity contribution in [2.45, 2.75) is 13.5 Å². The molecule has 4 N–H and O–H groups in total. The lowest BCUT2D eigenvalue weighted by atomic mass is 10.0. The number of carbonyl (C=O) groups is 1. The number of nitrogen functional groups attached to an aromatic ring is 1. The maximum absolute atomic E-state index is 14.9. The number of anilines is 3. The quantitative estimate of drug-likeness (QED) is 0.361. The number of aromatic nitrogens is 2. The van der Waals surface area contributed by atoms with E-state index in [0.29, 0.717) is 33.3 Å². The number of aryl methyl sites for hydroxylation is 1. The van der Waals surface area contributed by atoms with Gasteiger partial charge >= 0.3 is 6.03 Å². The lowest BCUT2D eigenvalue weighted by Gasteiger charge is -2.14. The monoisotopic (exact) mass is 495 g/mol. The van der Waals surface area contributed by atoms with Crippen LogP contribution in [0, 0.1) is 5.82 Å². The molecule has 0 aliphatic heterocycles. The Kier molecular flexibility index (Phi) is 5.91. The van der Waals surface area contributed by atoms with Crippen LogP contribution in [0.2, 0.25) is 0 Å². The molecule has 9 heteroatoms.